The van der Waals surface area contributed by atoms with E-state index in [2.05, 4.69) is 36.2 Å². The fourth-order valence-electron chi connectivity index (χ4n) is 2.22. The molecule has 2 aromatic heterocycles. The number of pyridine rings is 1. The number of nitrogens with zero attached hydrogens (tertiary/aromatic N) is 2. The van der Waals surface area contributed by atoms with Crippen molar-refractivity contribution in [2.24, 2.45) is 5.73 Å². The molecular weight excluding hydrogens is 348 g/mol. The van der Waals surface area contributed by atoms with Gasteiger partial charge in [0.1, 0.15) is 0 Å². The lowest BCUT2D eigenvalue weighted by Crippen LogP contribution is -2.11. The van der Waals surface area contributed by atoms with Crippen LogP contribution in [0.15, 0.2) is 63.1 Å². The first-order chi connectivity index (χ1) is 12.3. The van der Waals surface area contributed by atoms with Crippen LogP contribution in [0.1, 0.15) is 36.8 Å². The molecule has 0 aliphatic carbocycles. The van der Waals surface area contributed by atoms with Crippen LogP contribution in [0.2, 0.25) is 0 Å². The van der Waals surface area contributed by atoms with Gasteiger partial charge in [0, 0.05) is 39.2 Å². The second-order valence-electron chi connectivity index (χ2n) is 6.81. The minimum atomic E-state index is -0.470. The first kappa shape index (κ1) is 18.0. The minimum absolute atomic E-state index is 0.103. The third-order valence-electron chi connectivity index (χ3n) is 3.68. The van der Waals surface area contributed by atoms with Crippen LogP contribution in [0.3, 0.4) is 0 Å². The van der Waals surface area contributed by atoms with Crippen molar-refractivity contribution < 1.29 is 9.32 Å². The molecule has 0 radical (unpaired) electrons. The molecule has 1 aromatic carbocycles. The molecule has 0 saturated heterocycles. The largest absolute Gasteiger partial charge is 0.366 e. The molecule has 1 amide bonds. The molecule has 3 rings (SSSR count). The van der Waals surface area contributed by atoms with Crippen molar-refractivity contribution in [1.29, 1.82) is 0 Å². The van der Waals surface area contributed by atoms with E-state index in [4.69, 9.17) is 10.3 Å². The van der Waals surface area contributed by atoms with Gasteiger partial charge in [-0.3, -0.25) is 9.78 Å². The van der Waals surface area contributed by atoms with Crippen LogP contribution in [-0.2, 0) is 5.41 Å². The van der Waals surface area contributed by atoms with Gasteiger partial charge in [-0.1, -0.05) is 37.7 Å². The fraction of sp³-hybridized carbons (Fsp3) is 0.211. The van der Waals surface area contributed by atoms with Crippen molar-refractivity contribution >= 4 is 29.2 Å². The third kappa shape index (κ3) is 4.23. The molecule has 0 spiro atoms. The average molecular weight is 368 g/mol. The molecule has 26 heavy (non-hydrogen) atoms. The second kappa shape index (κ2) is 7.21. The van der Waals surface area contributed by atoms with Gasteiger partial charge in [-0.2, -0.15) is 0 Å². The van der Waals surface area contributed by atoms with Crippen molar-refractivity contribution in [3.8, 4) is 0 Å². The minimum Gasteiger partial charge on any atom is -0.366 e. The maximum Gasteiger partial charge on any atom is 0.248 e. The molecule has 0 bridgehead atoms. The number of anilines is 2. The first-order valence-electron chi connectivity index (χ1n) is 8.09. The second-order valence-corrected chi connectivity index (χ2v) is 7.93. The monoisotopic (exact) mass is 368 g/mol. The van der Waals surface area contributed by atoms with E-state index in [1.807, 2.05) is 24.3 Å². The maximum absolute atomic E-state index is 11.5. The number of primary amides is 1. The van der Waals surface area contributed by atoms with E-state index >= 15 is 0 Å². The van der Waals surface area contributed by atoms with Crippen LogP contribution < -0.4 is 11.1 Å². The summed E-state index contributed by atoms with van der Waals surface area (Å²) in [6.07, 6.45) is 3.44. The zero-order chi connectivity index (χ0) is 18.7. The molecule has 134 valence electrons. The van der Waals surface area contributed by atoms with Crippen LogP contribution in [0.5, 0.6) is 0 Å². The first-order valence-corrected chi connectivity index (χ1v) is 8.90. The summed E-state index contributed by atoms with van der Waals surface area (Å²) >= 11 is 1.51. The number of hydrogen-bond donors (Lipinski definition) is 2. The number of rotatable bonds is 5. The van der Waals surface area contributed by atoms with Gasteiger partial charge in [0.05, 0.1) is 11.4 Å². The summed E-state index contributed by atoms with van der Waals surface area (Å²) in [7, 11) is 0. The Kier molecular flexibility index (Phi) is 4.99. The summed E-state index contributed by atoms with van der Waals surface area (Å²) in [6, 6.07) is 10.9. The van der Waals surface area contributed by atoms with Gasteiger partial charge in [-0.05, 0) is 30.3 Å². The van der Waals surface area contributed by atoms with Crippen LogP contribution in [0.25, 0.3) is 0 Å². The lowest BCUT2D eigenvalue weighted by Gasteiger charge is -2.13. The summed E-state index contributed by atoms with van der Waals surface area (Å²) < 4.78 is 5.41. The van der Waals surface area contributed by atoms with Crippen molar-refractivity contribution in [2.75, 3.05) is 5.32 Å². The van der Waals surface area contributed by atoms with Crippen LogP contribution in [-0.4, -0.2) is 16.0 Å². The topological polar surface area (TPSA) is 94.0 Å². The SMILES string of the molecule is CC(C)(C)c1cc(Nc2ccc(C(N)=O)cc2Sc2ccncc2)on1. The van der Waals surface area contributed by atoms with E-state index < -0.39 is 5.91 Å². The maximum atomic E-state index is 11.5. The van der Waals surface area contributed by atoms with Crippen molar-refractivity contribution in [1.82, 2.24) is 10.1 Å². The molecule has 0 aliphatic rings. The van der Waals surface area contributed by atoms with Gasteiger partial charge in [0.2, 0.25) is 11.8 Å². The quantitative estimate of drug-likeness (QED) is 0.695. The Bertz CT molecular complexity index is 917. The highest BCUT2D eigenvalue weighted by molar-refractivity contribution is 7.99. The van der Waals surface area contributed by atoms with Gasteiger partial charge < -0.3 is 15.6 Å². The Balaban J connectivity index is 1.92. The zero-order valence-electron chi connectivity index (χ0n) is 14.8. The number of benzene rings is 1. The van der Waals surface area contributed by atoms with Gasteiger partial charge in [-0.25, -0.2) is 0 Å². The lowest BCUT2D eigenvalue weighted by atomic mass is 9.92. The molecule has 3 aromatic rings. The highest BCUT2D eigenvalue weighted by Gasteiger charge is 2.19. The van der Waals surface area contributed by atoms with Crippen molar-refractivity contribution in [3.05, 3.63) is 60.0 Å². The molecule has 0 atom stereocenters. The number of nitrogens with two attached hydrogens (primary N) is 1. The zero-order valence-corrected chi connectivity index (χ0v) is 15.6. The predicted molar refractivity (Wildman–Crippen MR) is 102 cm³/mol. The Morgan fingerprint density at radius 1 is 1.15 bits per heavy atom. The fourth-order valence-corrected chi connectivity index (χ4v) is 3.14. The molecule has 0 saturated carbocycles. The Hall–Kier alpha value is -2.80. The van der Waals surface area contributed by atoms with Gasteiger partial charge in [0.15, 0.2) is 0 Å². The number of nitrogens with one attached hydrogen (secondary N) is 1. The molecule has 7 heteroatoms. The number of carbonyl (C=O) groups excluding carboxylic acids is 1. The van der Waals surface area contributed by atoms with Crippen LogP contribution in [0, 0.1) is 0 Å². The van der Waals surface area contributed by atoms with Crippen LogP contribution >= 0.6 is 11.8 Å². The smallest absolute Gasteiger partial charge is 0.248 e. The van der Waals surface area contributed by atoms with Gasteiger partial charge in [0.25, 0.3) is 0 Å². The molecule has 2 heterocycles. The third-order valence-corrected chi connectivity index (χ3v) is 4.75. The van der Waals surface area contributed by atoms with E-state index in [0.29, 0.717) is 11.4 Å². The average Bonchev–Trinajstić information content (AvgIpc) is 3.06. The van der Waals surface area contributed by atoms with E-state index in [9.17, 15) is 4.79 Å². The molecular formula is C19H20N4O2S. The summed E-state index contributed by atoms with van der Waals surface area (Å²) in [5.74, 6) is 0.0705. The lowest BCUT2D eigenvalue weighted by molar-refractivity contribution is 0.1000. The number of hydrogen-bond acceptors (Lipinski definition) is 6. The molecule has 0 fully saturated rings. The van der Waals surface area contributed by atoms with E-state index in [-0.39, 0.29) is 5.41 Å². The Labute approximate surface area is 156 Å². The predicted octanol–water partition coefficient (Wildman–Crippen LogP) is 4.36. The summed E-state index contributed by atoms with van der Waals surface area (Å²) in [4.78, 5) is 17.4. The van der Waals surface area contributed by atoms with Gasteiger partial charge >= 0.3 is 0 Å². The number of aromatic nitrogens is 2. The molecule has 0 unspecified atom stereocenters. The van der Waals surface area contributed by atoms with E-state index in [0.717, 1.165) is 21.2 Å². The van der Waals surface area contributed by atoms with E-state index in [1.54, 1.807) is 24.5 Å². The van der Waals surface area contributed by atoms with Crippen molar-refractivity contribution in [3.63, 3.8) is 0 Å². The summed E-state index contributed by atoms with van der Waals surface area (Å²) in [5, 5.41) is 7.35. The molecule has 3 N–H and O–H groups in total. The van der Waals surface area contributed by atoms with E-state index in [1.165, 1.54) is 11.8 Å². The Morgan fingerprint density at radius 2 is 1.88 bits per heavy atom. The summed E-state index contributed by atoms with van der Waals surface area (Å²) in [6.45, 7) is 6.21. The standard InChI is InChI=1S/C19H20N4O2S/c1-19(2,3)16-11-17(25-23-16)22-14-5-4-12(18(20)24)10-15(14)26-13-6-8-21-9-7-13/h4-11,22H,1-3H3,(H2,20,24). The highest BCUT2D eigenvalue weighted by atomic mass is 32.2. The normalized spacial score (nSPS) is 11.3. The number of carbonyl (C=O) groups is 1. The molecule has 0 aliphatic heterocycles. The van der Waals surface area contributed by atoms with Crippen molar-refractivity contribution in [2.45, 2.75) is 36.0 Å². The van der Waals surface area contributed by atoms with Crippen LogP contribution in [0.4, 0.5) is 11.6 Å². The highest BCUT2D eigenvalue weighted by Crippen LogP contribution is 2.36. The number of amides is 1. The molecule has 6 nitrogen and oxygen atoms in total. The summed E-state index contributed by atoms with van der Waals surface area (Å²) in [5.41, 5.74) is 7.42. The Morgan fingerprint density at radius 3 is 2.50 bits per heavy atom. The van der Waals surface area contributed by atoms with Gasteiger partial charge in [-0.15, -0.1) is 0 Å².